The molecule has 11 heteroatoms. The zero-order valence-electron chi connectivity index (χ0n) is 19.1. The second kappa shape index (κ2) is 9.89. The molecule has 1 atom stereocenters. The van der Waals surface area contributed by atoms with Crippen molar-refractivity contribution in [1.29, 1.82) is 0 Å². The van der Waals surface area contributed by atoms with Gasteiger partial charge in [0, 0.05) is 38.3 Å². The number of ether oxygens (including phenoxy) is 1. The lowest BCUT2D eigenvalue weighted by atomic mass is 10.1. The third-order valence-corrected chi connectivity index (χ3v) is 10.7. The summed E-state index contributed by atoms with van der Waals surface area (Å²) in [7, 11) is -5.15. The zero-order chi connectivity index (χ0) is 23.6. The third kappa shape index (κ3) is 5.52. The highest BCUT2D eigenvalue weighted by molar-refractivity contribution is 7.91. The fraction of sp³-hybridized carbons (Fsp3) is 0.682. The number of sulfonamides is 1. The summed E-state index contributed by atoms with van der Waals surface area (Å²) in [5.74, 6) is 0.772. The fourth-order valence-corrected chi connectivity index (χ4v) is 8.31. The molecule has 3 fully saturated rings. The summed E-state index contributed by atoms with van der Waals surface area (Å²) in [5.41, 5.74) is 0. The number of rotatable bonds is 7. The van der Waals surface area contributed by atoms with Gasteiger partial charge >= 0.3 is 0 Å². The maximum absolute atomic E-state index is 13.3. The molecule has 3 aliphatic rings. The Kier molecular flexibility index (Phi) is 7.32. The van der Waals surface area contributed by atoms with Gasteiger partial charge in [0.2, 0.25) is 15.9 Å². The maximum atomic E-state index is 13.3. The summed E-state index contributed by atoms with van der Waals surface area (Å²) >= 11 is 0. The van der Waals surface area contributed by atoms with Gasteiger partial charge in [0.25, 0.3) is 0 Å². The summed E-state index contributed by atoms with van der Waals surface area (Å²) in [4.78, 5) is 17.4. The van der Waals surface area contributed by atoms with Crippen molar-refractivity contribution in [3.05, 3.63) is 24.3 Å². The Bertz CT molecular complexity index is 1040. The first kappa shape index (κ1) is 24.4. The van der Waals surface area contributed by atoms with E-state index in [0.29, 0.717) is 38.3 Å². The van der Waals surface area contributed by atoms with Crippen LogP contribution in [0, 0.1) is 0 Å². The summed E-state index contributed by atoms with van der Waals surface area (Å²) in [6.45, 7) is 1.74. The molecule has 0 unspecified atom stereocenters. The number of carbonyl (C=O) groups is 1. The van der Waals surface area contributed by atoms with Crippen molar-refractivity contribution in [2.75, 3.05) is 51.3 Å². The molecular formula is C22H33N3O6S2. The Morgan fingerprint density at radius 1 is 1.03 bits per heavy atom. The molecule has 1 saturated carbocycles. The van der Waals surface area contributed by atoms with Gasteiger partial charge in [-0.25, -0.2) is 16.8 Å². The van der Waals surface area contributed by atoms with Crippen LogP contribution in [0.4, 0.5) is 0 Å². The van der Waals surface area contributed by atoms with Crippen LogP contribution in [0.3, 0.4) is 0 Å². The normalized spacial score (nSPS) is 24.7. The number of carbonyl (C=O) groups excluding carboxylic acids is 1. The van der Waals surface area contributed by atoms with Gasteiger partial charge in [0.15, 0.2) is 9.84 Å². The number of amides is 1. The molecule has 2 saturated heterocycles. The van der Waals surface area contributed by atoms with Crippen molar-refractivity contribution < 1.29 is 26.4 Å². The molecule has 0 bridgehead atoms. The number of nitrogens with zero attached hydrogens (tertiary/aromatic N) is 3. The topological polar surface area (TPSA) is 104 Å². The van der Waals surface area contributed by atoms with Crippen LogP contribution < -0.4 is 4.74 Å². The minimum atomic E-state index is -3.61. The quantitative estimate of drug-likeness (QED) is 0.550. The molecule has 184 valence electrons. The molecule has 0 aromatic heterocycles. The van der Waals surface area contributed by atoms with E-state index >= 15 is 0 Å². The van der Waals surface area contributed by atoms with E-state index in [4.69, 9.17) is 4.74 Å². The number of hydrogen-bond donors (Lipinski definition) is 0. The minimum Gasteiger partial charge on any atom is -0.497 e. The maximum Gasteiger partial charge on any atom is 0.243 e. The van der Waals surface area contributed by atoms with Gasteiger partial charge in [-0.15, -0.1) is 0 Å². The van der Waals surface area contributed by atoms with Gasteiger partial charge in [-0.1, -0.05) is 12.8 Å². The van der Waals surface area contributed by atoms with Crippen molar-refractivity contribution >= 4 is 25.8 Å². The smallest absolute Gasteiger partial charge is 0.243 e. The Morgan fingerprint density at radius 3 is 2.21 bits per heavy atom. The number of benzene rings is 1. The van der Waals surface area contributed by atoms with Crippen LogP contribution in [-0.2, 0) is 24.7 Å². The Balaban J connectivity index is 1.37. The van der Waals surface area contributed by atoms with E-state index in [1.807, 2.05) is 9.80 Å². The van der Waals surface area contributed by atoms with E-state index in [2.05, 4.69) is 0 Å². The van der Waals surface area contributed by atoms with Gasteiger partial charge in [-0.2, -0.15) is 4.31 Å². The average Bonchev–Trinajstić information content (AvgIpc) is 3.44. The van der Waals surface area contributed by atoms with Gasteiger partial charge in [0.05, 0.1) is 30.1 Å². The summed E-state index contributed by atoms with van der Waals surface area (Å²) in [5, 5.41) is 0. The largest absolute Gasteiger partial charge is 0.497 e. The highest BCUT2D eigenvalue weighted by Crippen LogP contribution is 2.29. The van der Waals surface area contributed by atoms with E-state index in [0.717, 1.165) is 25.7 Å². The van der Waals surface area contributed by atoms with Crippen LogP contribution in [0.15, 0.2) is 29.2 Å². The van der Waals surface area contributed by atoms with Crippen LogP contribution in [0.25, 0.3) is 0 Å². The van der Waals surface area contributed by atoms with Gasteiger partial charge in [-0.05, 0) is 43.5 Å². The van der Waals surface area contributed by atoms with Gasteiger partial charge < -0.3 is 9.64 Å². The number of piperazine rings is 1. The highest BCUT2D eigenvalue weighted by Gasteiger charge is 2.39. The van der Waals surface area contributed by atoms with Crippen LogP contribution in [0.1, 0.15) is 32.1 Å². The van der Waals surface area contributed by atoms with E-state index in [-0.39, 0.29) is 40.9 Å². The SMILES string of the molecule is COc1ccc(S(=O)(=O)N2CCN(CC(=O)N(C3CCCC3)[C@@H]3CCS(=O)(=O)C3)CC2)cc1. The number of hydrogen-bond acceptors (Lipinski definition) is 7. The molecule has 1 aliphatic carbocycles. The van der Waals surface area contributed by atoms with E-state index in [1.54, 1.807) is 24.3 Å². The van der Waals surface area contributed by atoms with Crippen LogP contribution in [0.5, 0.6) is 5.75 Å². The molecule has 9 nitrogen and oxygen atoms in total. The highest BCUT2D eigenvalue weighted by atomic mass is 32.2. The third-order valence-electron chi connectivity index (χ3n) is 7.00. The van der Waals surface area contributed by atoms with Crippen molar-refractivity contribution in [3.63, 3.8) is 0 Å². The molecule has 2 aliphatic heterocycles. The molecule has 2 heterocycles. The predicted octanol–water partition coefficient (Wildman–Crippen LogP) is 0.960. The molecule has 0 radical (unpaired) electrons. The Morgan fingerprint density at radius 2 is 1.67 bits per heavy atom. The first-order valence-corrected chi connectivity index (χ1v) is 14.8. The van der Waals surface area contributed by atoms with Gasteiger partial charge in [-0.3, -0.25) is 9.69 Å². The van der Waals surface area contributed by atoms with Crippen LogP contribution in [-0.4, -0.2) is 100 Å². The Labute approximate surface area is 196 Å². The first-order valence-electron chi connectivity index (χ1n) is 11.6. The van der Waals surface area contributed by atoms with E-state index in [9.17, 15) is 21.6 Å². The minimum absolute atomic E-state index is 0.0320. The second-order valence-electron chi connectivity index (χ2n) is 9.15. The second-order valence-corrected chi connectivity index (χ2v) is 13.3. The summed E-state index contributed by atoms with van der Waals surface area (Å²) in [6.07, 6.45) is 4.50. The van der Waals surface area contributed by atoms with Crippen molar-refractivity contribution in [3.8, 4) is 5.75 Å². The van der Waals surface area contributed by atoms with E-state index in [1.165, 1.54) is 11.4 Å². The zero-order valence-corrected chi connectivity index (χ0v) is 20.7. The molecule has 1 aromatic rings. The van der Waals surface area contributed by atoms with Crippen LogP contribution in [0.2, 0.25) is 0 Å². The molecule has 33 heavy (non-hydrogen) atoms. The number of methoxy groups -OCH3 is 1. The van der Waals surface area contributed by atoms with Gasteiger partial charge in [0.1, 0.15) is 5.75 Å². The predicted molar refractivity (Wildman–Crippen MR) is 124 cm³/mol. The lowest BCUT2D eigenvalue weighted by molar-refractivity contribution is -0.137. The average molecular weight is 500 g/mol. The standard InChI is InChI=1S/C22H33N3O6S2/c1-31-20-6-8-21(9-7-20)33(29,30)24-13-11-23(12-14-24)16-22(26)25(18-4-2-3-5-18)19-10-15-32(27,28)17-19/h6-9,18-19H,2-5,10-17H2,1H3/t19-/m1/s1. The molecule has 1 aromatic carbocycles. The molecule has 1 amide bonds. The molecule has 0 N–H and O–H groups in total. The first-order chi connectivity index (χ1) is 15.7. The van der Waals surface area contributed by atoms with Crippen molar-refractivity contribution in [2.45, 2.75) is 49.1 Å². The van der Waals surface area contributed by atoms with Crippen molar-refractivity contribution in [2.24, 2.45) is 0 Å². The monoisotopic (exact) mass is 499 g/mol. The van der Waals surface area contributed by atoms with Crippen molar-refractivity contribution in [1.82, 2.24) is 14.1 Å². The molecular weight excluding hydrogens is 466 g/mol. The van der Waals surface area contributed by atoms with E-state index < -0.39 is 19.9 Å². The lowest BCUT2D eigenvalue weighted by Crippen LogP contribution is -2.54. The van der Waals surface area contributed by atoms with Crippen LogP contribution >= 0.6 is 0 Å². The molecule has 4 rings (SSSR count). The molecule has 0 spiro atoms. The summed E-state index contributed by atoms with van der Waals surface area (Å²) in [6, 6.07) is 6.22. The summed E-state index contributed by atoms with van der Waals surface area (Å²) < 4.78 is 56.6. The Hall–Kier alpha value is -1.69. The fourth-order valence-electron chi connectivity index (χ4n) is 5.18. The lowest BCUT2D eigenvalue weighted by Gasteiger charge is -2.38. The number of sulfone groups is 1.